The van der Waals surface area contributed by atoms with Crippen LogP contribution in [0.15, 0.2) is 23.0 Å². The second kappa shape index (κ2) is 7.11. The topological polar surface area (TPSA) is 78.5 Å². The molecule has 1 aliphatic heterocycles. The van der Waals surface area contributed by atoms with E-state index in [2.05, 4.69) is 9.88 Å². The van der Waals surface area contributed by atoms with Crippen LogP contribution in [0.2, 0.25) is 0 Å². The highest BCUT2D eigenvalue weighted by Crippen LogP contribution is 2.28. The van der Waals surface area contributed by atoms with Gasteiger partial charge in [0.2, 0.25) is 0 Å². The summed E-state index contributed by atoms with van der Waals surface area (Å²) in [6.07, 6.45) is 0.693. The summed E-state index contributed by atoms with van der Waals surface area (Å²) in [5.74, 6) is 1.39. The third kappa shape index (κ3) is 3.90. The van der Waals surface area contributed by atoms with Crippen LogP contribution in [-0.2, 0) is 24.9 Å². The van der Waals surface area contributed by atoms with E-state index >= 15 is 0 Å². The summed E-state index contributed by atoms with van der Waals surface area (Å²) in [5.41, 5.74) is 2.53. The Labute approximate surface area is 153 Å². The first-order valence-electron chi connectivity index (χ1n) is 9.07. The maximum absolute atomic E-state index is 12.4. The lowest BCUT2D eigenvalue weighted by Gasteiger charge is -2.29. The molecule has 0 saturated carbocycles. The molecule has 0 fully saturated rings. The molecule has 6 nitrogen and oxygen atoms in total. The number of aromatic amines is 1. The van der Waals surface area contributed by atoms with Gasteiger partial charge in [0.1, 0.15) is 5.82 Å². The van der Waals surface area contributed by atoms with Crippen LogP contribution in [0.1, 0.15) is 50.3 Å². The molecule has 0 saturated heterocycles. The summed E-state index contributed by atoms with van der Waals surface area (Å²) in [5, 5.41) is 9.85. The summed E-state index contributed by atoms with van der Waals surface area (Å²) in [7, 11) is 0. The van der Waals surface area contributed by atoms with E-state index in [0.717, 1.165) is 35.7 Å². The quantitative estimate of drug-likeness (QED) is 0.880. The molecule has 1 aromatic heterocycles. The number of fused-ring (bicyclic) bond motifs is 1. The van der Waals surface area contributed by atoms with Gasteiger partial charge in [0.25, 0.3) is 5.56 Å². The average molecular weight is 357 g/mol. The molecule has 6 heteroatoms. The van der Waals surface area contributed by atoms with Crippen molar-refractivity contribution in [1.82, 2.24) is 14.9 Å². The molecule has 0 radical (unpaired) electrons. The van der Waals surface area contributed by atoms with E-state index in [-0.39, 0.29) is 16.7 Å². The van der Waals surface area contributed by atoms with E-state index in [1.807, 2.05) is 39.8 Å². The zero-order valence-corrected chi connectivity index (χ0v) is 15.9. The summed E-state index contributed by atoms with van der Waals surface area (Å²) < 4.78 is 5.47. The van der Waals surface area contributed by atoms with Crippen molar-refractivity contribution in [3.05, 3.63) is 51.2 Å². The molecular weight excluding hydrogens is 330 g/mol. The van der Waals surface area contributed by atoms with Crippen molar-refractivity contribution >= 4 is 0 Å². The van der Waals surface area contributed by atoms with Crippen LogP contribution in [0.25, 0.3) is 0 Å². The molecule has 1 aromatic carbocycles. The average Bonchev–Trinajstić information content (AvgIpc) is 2.57. The molecule has 3 rings (SSSR count). The predicted octanol–water partition coefficient (Wildman–Crippen LogP) is 2.73. The van der Waals surface area contributed by atoms with Gasteiger partial charge in [-0.15, -0.1) is 0 Å². The van der Waals surface area contributed by atoms with Gasteiger partial charge in [0.05, 0.1) is 12.3 Å². The molecule has 0 unspecified atom stereocenters. The molecule has 2 aromatic rings. The van der Waals surface area contributed by atoms with Crippen LogP contribution < -0.4 is 10.3 Å². The van der Waals surface area contributed by atoms with Gasteiger partial charge in [-0.3, -0.25) is 9.69 Å². The number of benzene rings is 1. The third-order valence-electron chi connectivity index (χ3n) is 4.59. The zero-order chi connectivity index (χ0) is 18.9. The minimum absolute atomic E-state index is 0.0113. The predicted molar refractivity (Wildman–Crippen MR) is 101 cm³/mol. The van der Waals surface area contributed by atoms with Crippen LogP contribution in [0.4, 0.5) is 0 Å². The first-order chi connectivity index (χ1) is 12.3. The van der Waals surface area contributed by atoms with E-state index in [4.69, 9.17) is 9.72 Å². The van der Waals surface area contributed by atoms with Crippen molar-refractivity contribution in [1.29, 1.82) is 0 Å². The van der Waals surface area contributed by atoms with Crippen molar-refractivity contribution in [2.75, 3.05) is 13.2 Å². The molecule has 2 N–H and O–H groups in total. The fourth-order valence-electron chi connectivity index (χ4n) is 3.17. The van der Waals surface area contributed by atoms with Crippen molar-refractivity contribution in [3.8, 4) is 11.5 Å². The van der Waals surface area contributed by atoms with Gasteiger partial charge in [-0.25, -0.2) is 4.98 Å². The molecule has 1 aliphatic rings. The Hall–Kier alpha value is -2.34. The van der Waals surface area contributed by atoms with E-state index < -0.39 is 0 Å². The van der Waals surface area contributed by atoms with Gasteiger partial charge >= 0.3 is 0 Å². The lowest BCUT2D eigenvalue weighted by molar-refractivity contribution is 0.238. The van der Waals surface area contributed by atoms with Gasteiger partial charge < -0.3 is 14.8 Å². The molecule has 2 heterocycles. The molecular formula is C20H27N3O3. The number of aromatic hydroxyl groups is 1. The van der Waals surface area contributed by atoms with Gasteiger partial charge in [-0.05, 0) is 31.0 Å². The number of aromatic nitrogens is 2. The number of hydrogen-bond donors (Lipinski definition) is 2. The van der Waals surface area contributed by atoms with E-state index in [1.54, 1.807) is 6.07 Å². The first kappa shape index (κ1) is 18.5. The van der Waals surface area contributed by atoms with Gasteiger partial charge in [0, 0.05) is 30.6 Å². The fourth-order valence-corrected chi connectivity index (χ4v) is 3.17. The monoisotopic (exact) mass is 357 g/mol. The highest BCUT2D eigenvalue weighted by Gasteiger charge is 2.24. The Balaban J connectivity index is 1.81. The molecule has 0 aliphatic carbocycles. The van der Waals surface area contributed by atoms with Crippen LogP contribution in [-0.4, -0.2) is 33.1 Å². The lowest BCUT2D eigenvalue weighted by Crippen LogP contribution is -2.36. The molecule has 140 valence electrons. The summed E-state index contributed by atoms with van der Waals surface area (Å²) in [4.78, 5) is 22.3. The Bertz CT molecular complexity index is 852. The minimum Gasteiger partial charge on any atom is -0.504 e. The van der Waals surface area contributed by atoms with E-state index in [9.17, 15) is 9.90 Å². The number of H-pyrrole nitrogens is 1. The van der Waals surface area contributed by atoms with E-state index in [0.29, 0.717) is 25.3 Å². The number of rotatable bonds is 4. The third-order valence-corrected chi connectivity index (χ3v) is 4.59. The highest BCUT2D eigenvalue weighted by atomic mass is 16.5. The van der Waals surface area contributed by atoms with Crippen LogP contribution in [0.5, 0.6) is 11.5 Å². The van der Waals surface area contributed by atoms with Crippen LogP contribution in [0.3, 0.4) is 0 Å². The number of nitrogens with zero attached hydrogens (tertiary/aromatic N) is 2. The second-order valence-corrected chi connectivity index (χ2v) is 7.79. The summed E-state index contributed by atoms with van der Waals surface area (Å²) in [6.45, 7) is 10.7. The summed E-state index contributed by atoms with van der Waals surface area (Å²) >= 11 is 0. The number of phenolic OH excluding ortho intramolecular Hbond substituents is 1. The number of nitrogens with one attached hydrogen (secondary N) is 1. The summed E-state index contributed by atoms with van der Waals surface area (Å²) in [6, 6.07) is 5.44. The Morgan fingerprint density at radius 2 is 2.12 bits per heavy atom. The maximum atomic E-state index is 12.4. The van der Waals surface area contributed by atoms with Crippen molar-refractivity contribution < 1.29 is 9.84 Å². The minimum atomic E-state index is -0.195. The lowest BCUT2D eigenvalue weighted by atomic mass is 9.95. The molecule has 0 spiro atoms. The largest absolute Gasteiger partial charge is 0.504 e. The standard InChI is InChI=1S/C20H27N3O3/c1-5-26-17-10-13(6-7-16(17)24)11-23-9-8-14-15(12-23)21-19(20(2,3)4)22-18(14)25/h6-7,10,24H,5,8-9,11-12H2,1-4H3,(H,21,22,25). The zero-order valence-electron chi connectivity index (χ0n) is 15.9. The Morgan fingerprint density at radius 1 is 1.35 bits per heavy atom. The van der Waals surface area contributed by atoms with Crippen LogP contribution >= 0.6 is 0 Å². The number of phenols is 1. The number of ether oxygens (including phenoxy) is 1. The highest BCUT2D eigenvalue weighted by molar-refractivity contribution is 5.41. The van der Waals surface area contributed by atoms with Gasteiger partial charge in [0.15, 0.2) is 11.5 Å². The molecule has 0 bridgehead atoms. The van der Waals surface area contributed by atoms with Crippen LogP contribution in [0, 0.1) is 0 Å². The SMILES string of the molecule is CCOc1cc(CN2CCc3c(nc(C(C)(C)C)[nH]c3=O)C2)ccc1O. The molecule has 0 amide bonds. The smallest absolute Gasteiger partial charge is 0.254 e. The Morgan fingerprint density at radius 3 is 2.81 bits per heavy atom. The second-order valence-electron chi connectivity index (χ2n) is 7.79. The number of hydrogen-bond acceptors (Lipinski definition) is 5. The maximum Gasteiger partial charge on any atom is 0.254 e. The van der Waals surface area contributed by atoms with Crippen molar-refractivity contribution in [2.24, 2.45) is 0 Å². The first-order valence-corrected chi connectivity index (χ1v) is 9.07. The van der Waals surface area contributed by atoms with Gasteiger partial charge in [-0.2, -0.15) is 0 Å². The Kier molecular flexibility index (Phi) is 5.05. The van der Waals surface area contributed by atoms with Crippen molar-refractivity contribution in [2.45, 2.75) is 52.6 Å². The van der Waals surface area contributed by atoms with Gasteiger partial charge in [-0.1, -0.05) is 26.8 Å². The molecule has 26 heavy (non-hydrogen) atoms. The van der Waals surface area contributed by atoms with E-state index in [1.165, 1.54) is 0 Å². The molecule has 0 atom stereocenters. The van der Waals surface area contributed by atoms with Crippen molar-refractivity contribution in [3.63, 3.8) is 0 Å². The normalized spacial score (nSPS) is 14.9. The fraction of sp³-hybridized carbons (Fsp3) is 0.500.